The van der Waals surface area contributed by atoms with Crippen LogP contribution >= 0.6 is 11.8 Å². The third kappa shape index (κ3) is 3.70. The van der Waals surface area contributed by atoms with Crippen LogP contribution in [0.25, 0.3) is 0 Å². The monoisotopic (exact) mass is 358 g/mol. The van der Waals surface area contributed by atoms with Crippen LogP contribution in [0.2, 0.25) is 0 Å². The molecule has 132 valence electrons. The lowest BCUT2D eigenvalue weighted by atomic mass is 10.0. The average molecular weight is 358 g/mol. The van der Waals surface area contributed by atoms with Crippen LogP contribution in [0.15, 0.2) is 11.3 Å². The summed E-state index contributed by atoms with van der Waals surface area (Å²) in [5, 5.41) is -0.362. The fraction of sp³-hybridized carbons (Fsp3) is 0.571. The maximum absolute atomic E-state index is 12.3. The Hall–Kier alpha value is -2.07. The van der Waals surface area contributed by atoms with Gasteiger partial charge in [-0.15, -0.1) is 11.8 Å². The molecule has 0 radical (unpaired) electrons. The fourth-order valence-corrected chi connectivity index (χ4v) is 3.46. The van der Waals surface area contributed by atoms with Gasteiger partial charge in [-0.05, 0) is 0 Å². The number of amides is 1. The SMILES string of the molecule is CCC(=O)OCOC(=O)C1=C(COC(C)=O)CSC2C(N)C(=O)N12. The Morgan fingerprint density at radius 2 is 2.00 bits per heavy atom. The lowest BCUT2D eigenvalue weighted by Crippen LogP contribution is -2.68. The molecule has 10 heteroatoms. The topological polar surface area (TPSA) is 125 Å². The van der Waals surface area contributed by atoms with Gasteiger partial charge in [-0.1, -0.05) is 6.92 Å². The fourth-order valence-electron chi connectivity index (χ4n) is 2.19. The molecule has 0 aromatic carbocycles. The molecule has 2 N–H and O–H groups in total. The van der Waals surface area contributed by atoms with Gasteiger partial charge in [0, 0.05) is 24.7 Å². The van der Waals surface area contributed by atoms with Gasteiger partial charge in [0.15, 0.2) is 0 Å². The summed E-state index contributed by atoms with van der Waals surface area (Å²) < 4.78 is 14.5. The van der Waals surface area contributed by atoms with Gasteiger partial charge in [-0.2, -0.15) is 0 Å². The van der Waals surface area contributed by atoms with Gasteiger partial charge >= 0.3 is 17.9 Å². The molecule has 1 fully saturated rings. The van der Waals surface area contributed by atoms with Crippen LogP contribution in [0.3, 0.4) is 0 Å². The molecule has 0 saturated carbocycles. The van der Waals surface area contributed by atoms with Crippen molar-refractivity contribution in [3.05, 3.63) is 11.3 Å². The van der Waals surface area contributed by atoms with E-state index >= 15 is 0 Å². The molecule has 24 heavy (non-hydrogen) atoms. The predicted molar refractivity (Wildman–Crippen MR) is 82.1 cm³/mol. The van der Waals surface area contributed by atoms with E-state index in [2.05, 4.69) is 0 Å². The summed E-state index contributed by atoms with van der Waals surface area (Å²) in [5.74, 6) is -1.90. The number of thioether (sulfide) groups is 1. The van der Waals surface area contributed by atoms with Crippen molar-refractivity contribution in [2.24, 2.45) is 5.73 Å². The summed E-state index contributed by atoms with van der Waals surface area (Å²) in [5.41, 5.74) is 6.17. The van der Waals surface area contributed by atoms with Crippen molar-refractivity contribution in [2.45, 2.75) is 31.7 Å². The third-order valence-electron chi connectivity index (χ3n) is 3.43. The van der Waals surface area contributed by atoms with Gasteiger partial charge in [0.2, 0.25) is 12.7 Å². The zero-order chi connectivity index (χ0) is 17.9. The second-order valence-electron chi connectivity index (χ2n) is 5.09. The number of ether oxygens (including phenoxy) is 3. The Labute approximate surface area is 142 Å². The van der Waals surface area contributed by atoms with Crippen molar-refractivity contribution in [1.29, 1.82) is 0 Å². The van der Waals surface area contributed by atoms with E-state index in [1.807, 2.05) is 0 Å². The van der Waals surface area contributed by atoms with Crippen molar-refractivity contribution in [1.82, 2.24) is 4.90 Å². The highest BCUT2D eigenvalue weighted by Crippen LogP contribution is 2.39. The van der Waals surface area contributed by atoms with Crippen molar-refractivity contribution in [2.75, 3.05) is 19.2 Å². The summed E-state index contributed by atoms with van der Waals surface area (Å²) >= 11 is 1.38. The summed E-state index contributed by atoms with van der Waals surface area (Å²) in [6.07, 6.45) is 0.149. The van der Waals surface area contributed by atoms with Crippen molar-refractivity contribution < 1.29 is 33.4 Å². The zero-order valence-electron chi connectivity index (χ0n) is 13.3. The molecule has 2 rings (SSSR count). The lowest BCUT2D eigenvalue weighted by molar-refractivity contribution is -0.167. The normalized spacial score (nSPS) is 22.5. The summed E-state index contributed by atoms with van der Waals surface area (Å²) in [6, 6.07) is -0.689. The van der Waals surface area contributed by atoms with Crippen molar-refractivity contribution in [3.8, 4) is 0 Å². The number of hydrogen-bond donors (Lipinski definition) is 1. The first-order chi connectivity index (χ1) is 11.4. The molecule has 2 aliphatic rings. The Morgan fingerprint density at radius 3 is 2.62 bits per heavy atom. The average Bonchev–Trinajstić information content (AvgIpc) is 2.57. The maximum Gasteiger partial charge on any atom is 0.358 e. The smallest absolute Gasteiger partial charge is 0.358 e. The van der Waals surface area contributed by atoms with Crippen LogP contribution in [0.5, 0.6) is 0 Å². The minimum atomic E-state index is -0.827. The number of nitrogens with two attached hydrogens (primary N) is 1. The lowest BCUT2D eigenvalue weighted by Gasteiger charge is -2.48. The third-order valence-corrected chi connectivity index (χ3v) is 4.79. The molecule has 2 atom stereocenters. The van der Waals surface area contributed by atoms with Crippen LogP contribution in [0.1, 0.15) is 20.3 Å². The van der Waals surface area contributed by atoms with Crippen molar-refractivity contribution in [3.63, 3.8) is 0 Å². The molecule has 0 bridgehead atoms. The second-order valence-corrected chi connectivity index (χ2v) is 6.19. The Kier molecular flexibility index (Phi) is 5.84. The highest BCUT2D eigenvalue weighted by atomic mass is 32.2. The minimum Gasteiger partial charge on any atom is -0.461 e. The van der Waals surface area contributed by atoms with E-state index < -0.39 is 36.6 Å². The first kappa shape index (κ1) is 18.3. The Bertz CT molecular complexity index is 604. The van der Waals surface area contributed by atoms with Gasteiger partial charge in [0.05, 0.1) is 0 Å². The number of nitrogens with zero attached hydrogens (tertiary/aromatic N) is 1. The van der Waals surface area contributed by atoms with E-state index in [0.29, 0.717) is 11.3 Å². The highest BCUT2D eigenvalue weighted by molar-refractivity contribution is 8.00. The molecule has 2 heterocycles. The molecule has 1 saturated heterocycles. The van der Waals surface area contributed by atoms with E-state index in [-0.39, 0.29) is 24.1 Å². The molecular formula is C14H18N2O7S. The van der Waals surface area contributed by atoms with Crippen LogP contribution in [-0.4, -0.2) is 59.3 Å². The van der Waals surface area contributed by atoms with Gasteiger partial charge in [0.25, 0.3) is 0 Å². The van der Waals surface area contributed by atoms with E-state index in [0.717, 1.165) is 0 Å². The molecule has 2 unspecified atom stereocenters. The van der Waals surface area contributed by atoms with E-state index in [1.165, 1.54) is 23.6 Å². The Morgan fingerprint density at radius 1 is 1.29 bits per heavy atom. The van der Waals surface area contributed by atoms with Gasteiger partial charge in [-0.3, -0.25) is 19.3 Å². The van der Waals surface area contributed by atoms with Gasteiger partial charge < -0.3 is 19.9 Å². The molecule has 9 nitrogen and oxygen atoms in total. The minimum absolute atomic E-state index is 0.000697. The molecule has 0 aromatic rings. The Balaban J connectivity index is 2.13. The number of fused-ring (bicyclic) bond motifs is 1. The summed E-state index contributed by atoms with van der Waals surface area (Å²) in [7, 11) is 0. The molecule has 1 amide bonds. The number of hydrogen-bond acceptors (Lipinski definition) is 9. The van der Waals surface area contributed by atoms with Gasteiger partial charge in [0.1, 0.15) is 23.7 Å². The number of esters is 3. The molecule has 0 spiro atoms. The number of rotatable bonds is 6. The standard InChI is InChI=1S/C14H18N2O7S/c1-3-9(18)22-6-23-14(20)11-8(4-21-7(2)17)5-24-13-10(15)12(19)16(11)13/h10,13H,3-6,15H2,1-2H3. The maximum atomic E-state index is 12.3. The first-order valence-electron chi connectivity index (χ1n) is 7.25. The van der Waals surface area contributed by atoms with Crippen LogP contribution in [0, 0.1) is 0 Å². The van der Waals surface area contributed by atoms with Crippen LogP contribution in [-0.2, 0) is 33.4 Å². The van der Waals surface area contributed by atoms with Gasteiger partial charge in [-0.25, -0.2) is 4.79 Å². The molecule has 0 aromatic heterocycles. The second kappa shape index (κ2) is 7.67. The van der Waals surface area contributed by atoms with Crippen LogP contribution in [0.4, 0.5) is 0 Å². The van der Waals surface area contributed by atoms with E-state index in [4.69, 9.17) is 19.9 Å². The number of β-lactam (4-membered cyclic amide) rings is 1. The first-order valence-corrected chi connectivity index (χ1v) is 8.30. The van der Waals surface area contributed by atoms with Crippen LogP contribution < -0.4 is 5.73 Å². The highest BCUT2D eigenvalue weighted by Gasteiger charge is 2.52. The zero-order valence-corrected chi connectivity index (χ0v) is 14.1. The molecule has 0 aliphatic carbocycles. The predicted octanol–water partition coefficient (Wildman–Crippen LogP) is -0.500. The van der Waals surface area contributed by atoms with E-state index in [9.17, 15) is 19.2 Å². The molecular weight excluding hydrogens is 340 g/mol. The quantitative estimate of drug-likeness (QED) is 0.380. The van der Waals surface area contributed by atoms with E-state index in [1.54, 1.807) is 6.92 Å². The largest absolute Gasteiger partial charge is 0.461 e. The number of carbonyl (C=O) groups excluding carboxylic acids is 4. The molecule has 2 aliphatic heterocycles. The van der Waals surface area contributed by atoms with Crippen molar-refractivity contribution >= 4 is 35.6 Å². The summed E-state index contributed by atoms with van der Waals surface area (Å²) in [6.45, 7) is 2.16. The summed E-state index contributed by atoms with van der Waals surface area (Å²) in [4.78, 5) is 47.6. The number of carbonyl (C=O) groups is 4.